The van der Waals surface area contributed by atoms with Crippen LogP contribution in [0.4, 0.5) is 0 Å². The molecule has 0 N–H and O–H groups in total. The van der Waals surface area contributed by atoms with Crippen molar-refractivity contribution in [1.82, 2.24) is 5.06 Å². The Morgan fingerprint density at radius 1 is 0.714 bits per heavy atom. The Labute approximate surface area is 133 Å². The van der Waals surface area contributed by atoms with E-state index in [0.29, 0.717) is 0 Å². The average molecular weight is 304 g/mol. The van der Waals surface area contributed by atoms with Gasteiger partial charge in [0.05, 0.1) is 0 Å². The number of hydrogen-bond donors (Lipinski definition) is 0. The zero-order chi connectivity index (χ0) is 13.6. The van der Waals surface area contributed by atoms with Crippen LogP contribution in [-0.2, 0) is 4.84 Å². The van der Waals surface area contributed by atoms with E-state index in [0.717, 1.165) is 13.1 Å². The van der Waals surface area contributed by atoms with Gasteiger partial charge in [-0.2, -0.15) is 5.06 Å². The smallest absolute Gasteiger partial charge is 0.129 e. The molecule has 1 fully saturated rings. The van der Waals surface area contributed by atoms with Crippen molar-refractivity contribution >= 4 is 12.4 Å². The minimum Gasteiger partial charge on any atom is -0.286 e. The van der Waals surface area contributed by atoms with E-state index in [-0.39, 0.29) is 18.5 Å². The lowest BCUT2D eigenvalue weighted by molar-refractivity contribution is -0.196. The third-order valence-corrected chi connectivity index (χ3v) is 3.77. The normalized spacial score (nSPS) is 15.7. The maximum absolute atomic E-state index is 6.30. The molecule has 21 heavy (non-hydrogen) atoms. The fourth-order valence-corrected chi connectivity index (χ4v) is 2.69. The quantitative estimate of drug-likeness (QED) is 0.817. The summed E-state index contributed by atoms with van der Waals surface area (Å²) in [5.41, 5.74) is 2.42. The number of hydrogen-bond acceptors (Lipinski definition) is 2. The summed E-state index contributed by atoms with van der Waals surface area (Å²) in [6.07, 6.45) is 3.78. The SMILES string of the molecule is Cl.c1ccc(C(ON2CCCCC2)c2ccccc2)cc1. The van der Waals surface area contributed by atoms with Crippen LogP contribution >= 0.6 is 12.4 Å². The summed E-state index contributed by atoms with van der Waals surface area (Å²) >= 11 is 0. The first kappa shape index (κ1) is 16.0. The van der Waals surface area contributed by atoms with Crippen LogP contribution in [0.3, 0.4) is 0 Å². The lowest BCUT2D eigenvalue weighted by Crippen LogP contribution is -2.31. The molecule has 0 saturated carbocycles. The second-order valence-electron chi connectivity index (χ2n) is 5.30. The molecule has 0 spiro atoms. The van der Waals surface area contributed by atoms with Crippen molar-refractivity contribution in [2.75, 3.05) is 13.1 Å². The highest BCUT2D eigenvalue weighted by Gasteiger charge is 2.20. The molecule has 0 bridgehead atoms. The molecule has 2 aromatic carbocycles. The van der Waals surface area contributed by atoms with Crippen LogP contribution in [0.5, 0.6) is 0 Å². The Hall–Kier alpha value is -1.35. The molecule has 0 unspecified atom stereocenters. The zero-order valence-corrected chi connectivity index (χ0v) is 13.0. The van der Waals surface area contributed by atoms with Gasteiger partial charge in [0.2, 0.25) is 0 Å². The van der Waals surface area contributed by atoms with Crippen LogP contribution in [0.15, 0.2) is 60.7 Å². The van der Waals surface area contributed by atoms with Crippen LogP contribution in [0.2, 0.25) is 0 Å². The van der Waals surface area contributed by atoms with Gasteiger partial charge in [0.15, 0.2) is 0 Å². The van der Waals surface area contributed by atoms with Gasteiger partial charge < -0.3 is 0 Å². The summed E-state index contributed by atoms with van der Waals surface area (Å²) in [4.78, 5) is 6.30. The zero-order valence-electron chi connectivity index (χ0n) is 12.2. The lowest BCUT2D eigenvalue weighted by atomic mass is 10.0. The Morgan fingerprint density at radius 3 is 1.67 bits per heavy atom. The molecule has 0 radical (unpaired) electrons. The van der Waals surface area contributed by atoms with E-state index in [1.165, 1.54) is 30.4 Å². The van der Waals surface area contributed by atoms with Crippen molar-refractivity contribution in [3.63, 3.8) is 0 Å². The van der Waals surface area contributed by atoms with Gasteiger partial charge in [-0.05, 0) is 24.0 Å². The number of piperidine rings is 1. The van der Waals surface area contributed by atoms with Gasteiger partial charge in [0, 0.05) is 13.1 Å². The van der Waals surface area contributed by atoms with Crippen molar-refractivity contribution in [2.45, 2.75) is 25.4 Å². The molecule has 0 amide bonds. The number of benzene rings is 2. The molecule has 1 saturated heterocycles. The van der Waals surface area contributed by atoms with Gasteiger partial charge in [-0.3, -0.25) is 4.84 Å². The van der Waals surface area contributed by atoms with Crippen LogP contribution in [0.1, 0.15) is 36.5 Å². The summed E-state index contributed by atoms with van der Waals surface area (Å²) < 4.78 is 0. The van der Waals surface area contributed by atoms with Crippen LogP contribution in [0.25, 0.3) is 0 Å². The topological polar surface area (TPSA) is 12.5 Å². The fourth-order valence-electron chi connectivity index (χ4n) is 2.69. The third-order valence-electron chi connectivity index (χ3n) is 3.77. The predicted octanol–water partition coefficient (Wildman–Crippen LogP) is 4.62. The summed E-state index contributed by atoms with van der Waals surface area (Å²) in [5.74, 6) is 0. The highest BCUT2D eigenvalue weighted by Crippen LogP contribution is 2.27. The molecule has 0 atom stereocenters. The molecule has 3 heteroatoms. The Balaban J connectivity index is 0.00000161. The van der Waals surface area contributed by atoms with E-state index in [4.69, 9.17) is 4.84 Å². The molecule has 0 aliphatic carbocycles. The van der Waals surface area contributed by atoms with Crippen molar-refractivity contribution < 1.29 is 4.84 Å². The van der Waals surface area contributed by atoms with Gasteiger partial charge in [-0.15, -0.1) is 12.4 Å². The molecular weight excluding hydrogens is 282 g/mol. The molecule has 2 aromatic rings. The second kappa shape index (κ2) is 8.18. The molecule has 1 aliphatic rings. The van der Waals surface area contributed by atoms with E-state index >= 15 is 0 Å². The van der Waals surface area contributed by atoms with Crippen molar-refractivity contribution in [3.05, 3.63) is 71.8 Å². The fraction of sp³-hybridized carbons (Fsp3) is 0.333. The van der Waals surface area contributed by atoms with Gasteiger partial charge in [-0.1, -0.05) is 67.1 Å². The highest BCUT2D eigenvalue weighted by atomic mass is 35.5. The summed E-state index contributed by atoms with van der Waals surface area (Å²) in [5, 5.41) is 2.13. The number of hydroxylamine groups is 2. The van der Waals surface area contributed by atoms with E-state index in [1.54, 1.807) is 0 Å². The molecule has 1 aliphatic heterocycles. The van der Waals surface area contributed by atoms with Crippen LogP contribution in [0, 0.1) is 0 Å². The van der Waals surface area contributed by atoms with E-state index < -0.39 is 0 Å². The number of rotatable bonds is 4. The summed E-state index contributed by atoms with van der Waals surface area (Å²) in [7, 11) is 0. The Morgan fingerprint density at radius 2 is 1.19 bits per heavy atom. The monoisotopic (exact) mass is 303 g/mol. The summed E-state index contributed by atoms with van der Waals surface area (Å²) in [6, 6.07) is 21.0. The first-order valence-electron chi connectivity index (χ1n) is 7.45. The van der Waals surface area contributed by atoms with E-state index in [9.17, 15) is 0 Å². The first-order valence-corrected chi connectivity index (χ1v) is 7.45. The van der Waals surface area contributed by atoms with Crippen LogP contribution in [-0.4, -0.2) is 18.2 Å². The van der Waals surface area contributed by atoms with Gasteiger partial charge >= 0.3 is 0 Å². The minimum absolute atomic E-state index is 0. The summed E-state index contributed by atoms with van der Waals surface area (Å²) in [6.45, 7) is 2.08. The Kier molecular flexibility index (Phi) is 6.24. The first-order chi connectivity index (χ1) is 9.93. The average Bonchev–Trinajstić information content (AvgIpc) is 2.55. The van der Waals surface area contributed by atoms with Crippen molar-refractivity contribution in [2.24, 2.45) is 0 Å². The molecule has 112 valence electrons. The molecular formula is C18H22ClNO. The molecule has 0 aromatic heterocycles. The molecule has 2 nitrogen and oxygen atoms in total. The third kappa shape index (κ3) is 4.31. The van der Waals surface area contributed by atoms with E-state index in [2.05, 4.69) is 53.6 Å². The van der Waals surface area contributed by atoms with Gasteiger partial charge in [0.25, 0.3) is 0 Å². The number of halogens is 1. The van der Waals surface area contributed by atoms with Gasteiger partial charge in [0.1, 0.15) is 6.10 Å². The maximum Gasteiger partial charge on any atom is 0.129 e. The largest absolute Gasteiger partial charge is 0.286 e. The van der Waals surface area contributed by atoms with Crippen molar-refractivity contribution in [1.29, 1.82) is 0 Å². The Bertz CT molecular complexity index is 472. The lowest BCUT2D eigenvalue weighted by Gasteiger charge is -2.30. The number of nitrogens with zero attached hydrogens (tertiary/aromatic N) is 1. The molecule has 1 heterocycles. The predicted molar refractivity (Wildman–Crippen MR) is 88.5 cm³/mol. The maximum atomic E-state index is 6.30. The van der Waals surface area contributed by atoms with Crippen LogP contribution < -0.4 is 0 Å². The standard InChI is InChI=1S/C18H21NO.ClH/c1-4-10-16(11-5-1)18(17-12-6-2-7-13-17)20-19-14-8-3-9-15-19;/h1-2,4-7,10-13,18H,3,8-9,14-15H2;1H. The van der Waals surface area contributed by atoms with E-state index in [1.807, 2.05) is 12.1 Å². The highest BCUT2D eigenvalue weighted by molar-refractivity contribution is 5.85. The molecule has 3 rings (SSSR count). The van der Waals surface area contributed by atoms with Gasteiger partial charge in [-0.25, -0.2) is 0 Å². The van der Waals surface area contributed by atoms with Crippen molar-refractivity contribution in [3.8, 4) is 0 Å². The second-order valence-corrected chi connectivity index (χ2v) is 5.30. The minimum atomic E-state index is -0.00417.